The van der Waals surface area contributed by atoms with Crippen LogP contribution in [0.1, 0.15) is 15.9 Å². The van der Waals surface area contributed by atoms with Crippen molar-refractivity contribution in [2.45, 2.75) is 11.4 Å². The summed E-state index contributed by atoms with van der Waals surface area (Å²) in [6, 6.07) is 23.2. The molecule has 164 valence electrons. The summed E-state index contributed by atoms with van der Waals surface area (Å²) >= 11 is 1.49. The molecule has 5 rings (SSSR count). The van der Waals surface area contributed by atoms with Gasteiger partial charge in [-0.3, -0.25) is 4.31 Å². The van der Waals surface area contributed by atoms with Crippen molar-refractivity contribution < 1.29 is 14.6 Å². The number of carboxylic acid groups (broad SMARTS) is 1. The number of carboxylic acids is 1. The SMILES string of the molecule is COc1c(N(Cc2ccc3cc[nH]c3c2)Sc2ccc(C(=O)O)cc2)ncc2ccccc12. The number of methoxy groups -OCH3 is 1. The van der Waals surface area contributed by atoms with Crippen LogP contribution in [0.4, 0.5) is 5.82 Å². The highest BCUT2D eigenvalue weighted by molar-refractivity contribution is 8.00. The highest BCUT2D eigenvalue weighted by Crippen LogP contribution is 2.39. The van der Waals surface area contributed by atoms with E-state index in [9.17, 15) is 9.90 Å². The number of H-pyrrole nitrogens is 1. The van der Waals surface area contributed by atoms with Crippen LogP contribution in [0.3, 0.4) is 0 Å². The Morgan fingerprint density at radius 1 is 1.06 bits per heavy atom. The Morgan fingerprint density at radius 3 is 2.67 bits per heavy atom. The summed E-state index contributed by atoms with van der Waals surface area (Å²) < 4.78 is 7.90. The molecule has 0 atom stereocenters. The molecule has 0 saturated carbocycles. The first-order valence-electron chi connectivity index (χ1n) is 10.4. The fourth-order valence-electron chi connectivity index (χ4n) is 3.80. The molecule has 0 aliphatic heterocycles. The molecule has 0 aliphatic rings. The largest absolute Gasteiger partial charge is 0.492 e. The van der Waals surface area contributed by atoms with Crippen LogP contribution in [0.2, 0.25) is 0 Å². The average Bonchev–Trinajstić information content (AvgIpc) is 3.31. The number of aromatic nitrogens is 2. The topological polar surface area (TPSA) is 78.5 Å². The van der Waals surface area contributed by atoms with Crippen LogP contribution in [0, 0.1) is 0 Å². The smallest absolute Gasteiger partial charge is 0.335 e. The van der Waals surface area contributed by atoms with Gasteiger partial charge in [0.25, 0.3) is 0 Å². The summed E-state index contributed by atoms with van der Waals surface area (Å²) in [6.45, 7) is 0.571. The Kier molecular flexibility index (Phi) is 5.62. The van der Waals surface area contributed by atoms with Crippen LogP contribution in [-0.4, -0.2) is 28.2 Å². The summed E-state index contributed by atoms with van der Waals surface area (Å²) in [7, 11) is 1.66. The fraction of sp³-hybridized carbons (Fsp3) is 0.0769. The molecule has 33 heavy (non-hydrogen) atoms. The Labute approximate surface area is 195 Å². The predicted molar refractivity (Wildman–Crippen MR) is 132 cm³/mol. The van der Waals surface area contributed by atoms with Crippen LogP contribution < -0.4 is 9.04 Å². The number of ether oxygens (including phenoxy) is 1. The molecule has 5 aromatic rings. The molecule has 2 heterocycles. The van der Waals surface area contributed by atoms with Crippen molar-refractivity contribution in [1.29, 1.82) is 0 Å². The van der Waals surface area contributed by atoms with Crippen LogP contribution in [0.25, 0.3) is 21.7 Å². The summed E-state index contributed by atoms with van der Waals surface area (Å²) in [5, 5.41) is 12.4. The molecule has 0 bridgehead atoms. The third-order valence-electron chi connectivity index (χ3n) is 5.44. The maximum Gasteiger partial charge on any atom is 0.335 e. The molecule has 2 aromatic heterocycles. The number of fused-ring (bicyclic) bond motifs is 2. The van der Waals surface area contributed by atoms with Gasteiger partial charge in [0, 0.05) is 33.6 Å². The quantitative estimate of drug-likeness (QED) is 0.287. The molecular formula is C26H21N3O3S. The second kappa shape index (κ2) is 8.88. The van der Waals surface area contributed by atoms with Gasteiger partial charge in [0.05, 0.1) is 19.2 Å². The van der Waals surface area contributed by atoms with Gasteiger partial charge in [-0.05, 0) is 59.3 Å². The van der Waals surface area contributed by atoms with Crippen molar-refractivity contribution in [3.05, 3.63) is 96.3 Å². The number of nitrogens with one attached hydrogen (secondary N) is 1. The van der Waals surface area contributed by atoms with E-state index in [0.29, 0.717) is 18.1 Å². The highest BCUT2D eigenvalue weighted by atomic mass is 32.2. The van der Waals surface area contributed by atoms with Gasteiger partial charge in [-0.15, -0.1) is 0 Å². The molecular weight excluding hydrogens is 434 g/mol. The number of anilines is 1. The van der Waals surface area contributed by atoms with E-state index in [2.05, 4.69) is 27.5 Å². The Morgan fingerprint density at radius 2 is 1.88 bits per heavy atom. The first-order valence-corrected chi connectivity index (χ1v) is 11.2. The van der Waals surface area contributed by atoms with Crippen LogP contribution >= 0.6 is 11.9 Å². The lowest BCUT2D eigenvalue weighted by molar-refractivity contribution is 0.0697. The van der Waals surface area contributed by atoms with E-state index in [-0.39, 0.29) is 5.56 Å². The number of hydrogen-bond donors (Lipinski definition) is 2. The number of aromatic carboxylic acids is 1. The molecule has 0 amide bonds. The third-order valence-corrected chi connectivity index (χ3v) is 6.44. The van der Waals surface area contributed by atoms with E-state index in [4.69, 9.17) is 9.72 Å². The minimum absolute atomic E-state index is 0.254. The van der Waals surface area contributed by atoms with E-state index in [1.165, 1.54) is 11.9 Å². The maximum absolute atomic E-state index is 11.2. The molecule has 0 fully saturated rings. The molecule has 0 radical (unpaired) electrons. The number of hydrogen-bond acceptors (Lipinski definition) is 5. The fourth-order valence-corrected chi connectivity index (χ4v) is 4.74. The normalized spacial score (nSPS) is 11.1. The molecule has 6 nitrogen and oxygen atoms in total. The van der Waals surface area contributed by atoms with Gasteiger partial charge >= 0.3 is 5.97 Å². The molecule has 0 aliphatic carbocycles. The summed E-state index contributed by atoms with van der Waals surface area (Å²) in [4.78, 5) is 20.2. The lowest BCUT2D eigenvalue weighted by atomic mass is 10.1. The van der Waals surface area contributed by atoms with Crippen molar-refractivity contribution in [3.8, 4) is 5.75 Å². The number of pyridine rings is 1. The zero-order valence-electron chi connectivity index (χ0n) is 17.9. The zero-order valence-corrected chi connectivity index (χ0v) is 18.7. The first-order chi connectivity index (χ1) is 16.1. The second-order valence-electron chi connectivity index (χ2n) is 7.56. The lowest BCUT2D eigenvalue weighted by Gasteiger charge is -2.25. The van der Waals surface area contributed by atoms with Crippen molar-refractivity contribution in [1.82, 2.24) is 9.97 Å². The van der Waals surface area contributed by atoms with Crippen LogP contribution in [0.5, 0.6) is 5.75 Å². The Balaban J connectivity index is 1.57. The van der Waals surface area contributed by atoms with Gasteiger partial charge in [0.2, 0.25) is 0 Å². The molecule has 3 aromatic carbocycles. The van der Waals surface area contributed by atoms with Crippen molar-refractivity contribution in [2.75, 3.05) is 11.4 Å². The monoisotopic (exact) mass is 455 g/mol. The average molecular weight is 456 g/mol. The predicted octanol–water partition coefficient (Wildman–Crippen LogP) is 6.14. The third kappa shape index (κ3) is 4.23. The Bertz CT molecular complexity index is 1450. The first kappa shape index (κ1) is 20.9. The number of rotatable bonds is 7. The molecule has 0 unspecified atom stereocenters. The number of aromatic amines is 1. The molecule has 7 heteroatoms. The van der Waals surface area contributed by atoms with Crippen LogP contribution in [0.15, 0.2) is 90.1 Å². The molecule has 0 saturated heterocycles. The van der Waals surface area contributed by atoms with Gasteiger partial charge < -0.3 is 14.8 Å². The van der Waals surface area contributed by atoms with Gasteiger partial charge in [0.1, 0.15) is 0 Å². The van der Waals surface area contributed by atoms with Gasteiger partial charge in [-0.25, -0.2) is 9.78 Å². The van der Waals surface area contributed by atoms with Crippen molar-refractivity contribution in [2.24, 2.45) is 0 Å². The lowest BCUT2D eigenvalue weighted by Crippen LogP contribution is -2.16. The molecule has 0 spiro atoms. The number of nitrogens with zero attached hydrogens (tertiary/aromatic N) is 2. The second-order valence-corrected chi connectivity index (χ2v) is 8.65. The minimum atomic E-state index is -0.944. The van der Waals surface area contributed by atoms with E-state index in [1.54, 1.807) is 19.2 Å². The highest BCUT2D eigenvalue weighted by Gasteiger charge is 2.19. The van der Waals surface area contributed by atoms with Crippen molar-refractivity contribution >= 4 is 45.4 Å². The van der Waals surface area contributed by atoms with E-state index < -0.39 is 5.97 Å². The number of benzene rings is 3. The van der Waals surface area contributed by atoms with Gasteiger partial charge in [0.15, 0.2) is 11.6 Å². The van der Waals surface area contributed by atoms with E-state index in [1.807, 2.05) is 54.9 Å². The Hall–Kier alpha value is -3.97. The molecule has 2 N–H and O–H groups in total. The minimum Gasteiger partial charge on any atom is -0.492 e. The number of carbonyl (C=O) groups is 1. The maximum atomic E-state index is 11.2. The summed E-state index contributed by atoms with van der Waals surface area (Å²) in [6.07, 6.45) is 3.78. The van der Waals surface area contributed by atoms with E-state index >= 15 is 0 Å². The van der Waals surface area contributed by atoms with Gasteiger partial charge in [-0.1, -0.05) is 36.4 Å². The van der Waals surface area contributed by atoms with E-state index in [0.717, 1.165) is 32.1 Å². The zero-order chi connectivity index (χ0) is 22.8. The van der Waals surface area contributed by atoms with Crippen molar-refractivity contribution in [3.63, 3.8) is 0 Å². The van der Waals surface area contributed by atoms with Crippen LogP contribution in [-0.2, 0) is 6.54 Å². The standard InChI is InChI=1S/C26H21N3O3S/c1-32-24-22-5-3-2-4-20(22)15-28-25(24)29(33-21-10-8-19(9-11-21)26(30)31)16-17-6-7-18-12-13-27-23(18)14-17/h2-15,27H,16H2,1H3,(H,30,31). The summed E-state index contributed by atoms with van der Waals surface area (Å²) in [5.74, 6) is 0.458. The van der Waals surface area contributed by atoms with Gasteiger partial charge in [-0.2, -0.15) is 0 Å². The summed E-state index contributed by atoms with van der Waals surface area (Å²) in [5.41, 5.74) is 2.43.